The first-order valence-electron chi connectivity index (χ1n) is 8.89. The second-order valence-corrected chi connectivity index (χ2v) is 6.71. The van der Waals surface area contributed by atoms with E-state index in [0.717, 1.165) is 29.2 Å². The van der Waals surface area contributed by atoms with Crippen molar-refractivity contribution in [1.29, 1.82) is 0 Å². The molecule has 2 atom stereocenters. The van der Waals surface area contributed by atoms with Crippen molar-refractivity contribution in [3.63, 3.8) is 0 Å². The number of nitrogens with zero attached hydrogens (tertiary/aromatic N) is 1. The van der Waals surface area contributed by atoms with Crippen LogP contribution in [0.2, 0.25) is 0 Å². The molecule has 0 saturated heterocycles. The monoisotopic (exact) mass is 354 g/mol. The van der Waals surface area contributed by atoms with Gasteiger partial charge >= 0.3 is 0 Å². The third-order valence-electron chi connectivity index (χ3n) is 4.94. The normalized spacial score (nSPS) is 16.8. The second-order valence-electron chi connectivity index (χ2n) is 6.71. The minimum Gasteiger partial charge on any atom is -0.497 e. The Hall–Kier alpha value is -2.69. The molecule has 138 valence electrons. The van der Waals surface area contributed by atoms with Crippen LogP contribution in [0.1, 0.15) is 31.0 Å². The van der Waals surface area contributed by atoms with Gasteiger partial charge in [0.05, 0.1) is 26.8 Å². The van der Waals surface area contributed by atoms with Crippen LogP contribution in [0.25, 0.3) is 0 Å². The zero-order valence-corrected chi connectivity index (χ0v) is 15.8. The van der Waals surface area contributed by atoms with Crippen LogP contribution in [0.15, 0.2) is 42.5 Å². The van der Waals surface area contributed by atoms with Gasteiger partial charge in [0.1, 0.15) is 11.5 Å². The quantitative estimate of drug-likeness (QED) is 0.864. The zero-order chi connectivity index (χ0) is 18.7. The molecule has 1 heterocycles. The SMILES string of the molecule is COc1ccc(OC)c([C@H](C)NC(=O)CN2c3ccccc3C[C@@H]2C)c1. The molecule has 0 saturated carbocycles. The number of carbonyl (C=O) groups is 1. The highest BCUT2D eigenvalue weighted by molar-refractivity contribution is 5.83. The molecule has 2 aromatic carbocycles. The second kappa shape index (κ2) is 7.68. The largest absolute Gasteiger partial charge is 0.497 e. The maximum atomic E-state index is 12.7. The fraction of sp³-hybridized carbons (Fsp3) is 0.381. The van der Waals surface area contributed by atoms with Crippen molar-refractivity contribution >= 4 is 11.6 Å². The molecule has 0 aliphatic carbocycles. The summed E-state index contributed by atoms with van der Waals surface area (Å²) in [6.45, 7) is 4.45. The zero-order valence-electron chi connectivity index (χ0n) is 15.8. The molecule has 1 N–H and O–H groups in total. The number of anilines is 1. The Morgan fingerprint density at radius 1 is 1.23 bits per heavy atom. The Kier molecular flexibility index (Phi) is 5.35. The van der Waals surface area contributed by atoms with Crippen LogP contribution in [-0.4, -0.2) is 32.7 Å². The molecule has 1 aliphatic rings. The van der Waals surface area contributed by atoms with Gasteiger partial charge in [0, 0.05) is 17.3 Å². The van der Waals surface area contributed by atoms with Crippen LogP contribution >= 0.6 is 0 Å². The summed E-state index contributed by atoms with van der Waals surface area (Å²) in [7, 11) is 3.25. The van der Waals surface area contributed by atoms with E-state index in [2.05, 4.69) is 29.3 Å². The highest BCUT2D eigenvalue weighted by Crippen LogP contribution is 2.32. The molecule has 0 aromatic heterocycles. The molecule has 1 aliphatic heterocycles. The Balaban J connectivity index is 1.71. The smallest absolute Gasteiger partial charge is 0.240 e. The topological polar surface area (TPSA) is 50.8 Å². The van der Waals surface area contributed by atoms with Gasteiger partial charge in [-0.25, -0.2) is 0 Å². The van der Waals surface area contributed by atoms with Gasteiger partial charge in [-0.2, -0.15) is 0 Å². The minimum atomic E-state index is -0.180. The van der Waals surface area contributed by atoms with Gasteiger partial charge in [-0.1, -0.05) is 18.2 Å². The molecule has 3 rings (SSSR count). The third-order valence-corrected chi connectivity index (χ3v) is 4.94. The number of amides is 1. The lowest BCUT2D eigenvalue weighted by Crippen LogP contribution is -2.41. The van der Waals surface area contributed by atoms with Crippen molar-refractivity contribution in [1.82, 2.24) is 5.32 Å². The first-order chi connectivity index (χ1) is 12.5. The number of fused-ring (bicyclic) bond motifs is 1. The van der Waals surface area contributed by atoms with E-state index in [1.54, 1.807) is 14.2 Å². The summed E-state index contributed by atoms with van der Waals surface area (Å²) in [5, 5.41) is 3.08. The number of hydrogen-bond donors (Lipinski definition) is 1. The van der Waals surface area contributed by atoms with E-state index in [-0.39, 0.29) is 11.9 Å². The van der Waals surface area contributed by atoms with E-state index in [4.69, 9.17) is 9.47 Å². The molecule has 5 nitrogen and oxygen atoms in total. The average molecular weight is 354 g/mol. The highest BCUT2D eigenvalue weighted by atomic mass is 16.5. The lowest BCUT2D eigenvalue weighted by molar-refractivity contribution is -0.120. The number of carbonyl (C=O) groups excluding carboxylic acids is 1. The number of nitrogens with one attached hydrogen (secondary N) is 1. The number of methoxy groups -OCH3 is 2. The minimum absolute atomic E-state index is 0.00840. The third kappa shape index (κ3) is 3.62. The average Bonchev–Trinajstić information content (AvgIpc) is 2.96. The van der Waals surface area contributed by atoms with Crippen LogP contribution in [0.4, 0.5) is 5.69 Å². The highest BCUT2D eigenvalue weighted by Gasteiger charge is 2.27. The number of para-hydroxylation sites is 1. The Labute approximate surface area is 154 Å². The summed E-state index contributed by atoms with van der Waals surface area (Å²) in [5.41, 5.74) is 3.35. The maximum absolute atomic E-state index is 12.7. The van der Waals surface area contributed by atoms with E-state index in [9.17, 15) is 4.79 Å². The predicted octanol–water partition coefficient (Wildman–Crippen LogP) is 3.33. The van der Waals surface area contributed by atoms with Crippen LogP contribution in [-0.2, 0) is 11.2 Å². The molecule has 5 heteroatoms. The summed E-state index contributed by atoms with van der Waals surface area (Å²) in [6, 6.07) is 14.0. The van der Waals surface area contributed by atoms with Gasteiger partial charge in [0.25, 0.3) is 0 Å². The van der Waals surface area contributed by atoms with Crippen LogP contribution in [0.5, 0.6) is 11.5 Å². The number of ether oxygens (including phenoxy) is 2. The molecule has 0 radical (unpaired) electrons. The number of hydrogen-bond acceptors (Lipinski definition) is 4. The Morgan fingerprint density at radius 3 is 2.73 bits per heavy atom. The summed E-state index contributed by atoms with van der Waals surface area (Å²) < 4.78 is 10.7. The maximum Gasteiger partial charge on any atom is 0.240 e. The molecular weight excluding hydrogens is 328 g/mol. The first kappa shape index (κ1) is 18.1. The standard InChI is InChI=1S/C21H26N2O3/c1-14-11-16-7-5-6-8-19(16)23(14)13-21(24)22-15(2)18-12-17(25-3)9-10-20(18)26-4/h5-10,12,14-15H,11,13H2,1-4H3,(H,22,24)/t14-,15-/m0/s1. The van der Waals surface area contributed by atoms with Crippen LogP contribution in [0.3, 0.4) is 0 Å². The van der Waals surface area contributed by atoms with Crippen LogP contribution in [0, 0.1) is 0 Å². The van der Waals surface area contributed by atoms with Crippen molar-refractivity contribution < 1.29 is 14.3 Å². The molecule has 1 amide bonds. The van der Waals surface area contributed by atoms with Crippen molar-refractivity contribution in [2.75, 3.05) is 25.7 Å². The number of benzene rings is 2. The van der Waals surface area contributed by atoms with Crippen molar-refractivity contribution in [2.24, 2.45) is 0 Å². The van der Waals surface area contributed by atoms with E-state index in [1.165, 1.54) is 5.56 Å². The summed E-state index contributed by atoms with van der Waals surface area (Å²) >= 11 is 0. The molecule has 0 fully saturated rings. The van der Waals surface area contributed by atoms with Gasteiger partial charge in [-0.15, -0.1) is 0 Å². The lowest BCUT2D eigenvalue weighted by Gasteiger charge is -2.25. The fourth-order valence-corrected chi connectivity index (χ4v) is 3.57. The molecule has 0 spiro atoms. The van der Waals surface area contributed by atoms with E-state index in [1.807, 2.05) is 37.3 Å². The van der Waals surface area contributed by atoms with Gasteiger partial charge in [-0.3, -0.25) is 4.79 Å². The first-order valence-corrected chi connectivity index (χ1v) is 8.89. The van der Waals surface area contributed by atoms with Gasteiger partial charge in [-0.05, 0) is 50.1 Å². The van der Waals surface area contributed by atoms with E-state index < -0.39 is 0 Å². The van der Waals surface area contributed by atoms with E-state index in [0.29, 0.717) is 12.6 Å². The van der Waals surface area contributed by atoms with Crippen LogP contribution < -0.4 is 19.7 Å². The van der Waals surface area contributed by atoms with E-state index >= 15 is 0 Å². The van der Waals surface area contributed by atoms with Gasteiger partial charge in [0.15, 0.2) is 0 Å². The Bertz CT molecular complexity index is 791. The van der Waals surface area contributed by atoms with Gasteiger partial charge < -0.3 is 19.7 Å². The Morgan fingerprint density at radius 2 is 2.00 bits per heavy atom. The molecule has 26 heavy (non-hydrogen) atoms. The molecule has 2 aromatic rings. The molecule has 0 bridgehead atoms. The summed E-state index contributed by atoms with van der Waals surface area (Å²) in [6.07, 6.45) is 0.975. The van der Waals surface area contributed by atoms with Crippen molar-refractivity contribution in [3.05, 3.63) is 53.6 Å². The number of rotatable bonds is 6. The van der Waals surface area contributed by atoms with Crippen molar-refractivity contribution in [3.8, 4) is 11.5 Å². The molecule has 0 unspecified atom stereocenters. The predicted molar refractivity (Wildman–Crippen MR) is 103 cm³/mol. The summed E-state index contributed by atoms with van der Waals surface area (Å²) in [4.78, 5) is 14.8. The fourth-order valence-electron chi connectivity index (χ4n) is 3.57. The summed E-state index contributed by atoms with van der Waals surface area (Å²) in [5.74, 6) is 1.47. The lowest BCUT2D eigenvalue weighted by atomic mass is 10.1. The molecular formula is C21H26N2O3. The van der Waals surface area contributed by atoms with Gasteiger partial charge in [0.2, 0.25) is 5.91 Å². The van der Waals surface area contributed by atoms with Crippen molar-refractivity contribution in [2.45, 2.75) is 32.4 Å².